The van der Waals surface area contributed by atoms with Gasteiger partial charge in [0.2, 0.25) is 11.7 Å². The van der Waals surface area contributed by atoms with E-state index >= 15 is 0 Å². The topological polar surface area (TPSA) is 92.3 Å². The van der Waals surface area contributed by atoms with Crippen LogP contribution in [0.3, 0.4) is 0 Å². The molecular formula is C24H20Cl2N2O4. The predicted molar refractivity (Wildman–Crippen MR) is 123 cm³/mol. The molecule has 1 N–H and O–H groups in total. The molecule has 0 aliphatic rings. The molecule has 0 aliphatic heterocycles. The van der Waals surface area contributed by atoms with E-state index in [9.17, 15) is 20.0 Å². The summed E-state index contributed by atoms with van der Waals surface area (Å²) in [5.41, 5.74) is 0.347. The lowest BCUT2D eigenvalue weighted by molar-refractivity contribution is 0.0812. The van der Waals surface area contributed by atoms with Crippen LogP contribution in [0.1, 0.15) is 39.5 Å². The van der Waals surface area contributed by atoms with Crippen molar-refractivity contribution in [2.24, 2.45) is 0 Å². The largest absolute Gasteiger partial charge is 0.494 e. The first-order valence-electron chi connectivity index (χ1n) is 9.72. The first kappa shape index (κ1) is 23.4. The maximum absolute atomic E-state index is 13.2. The Hall–Kier alpha value is -3.27. The Morgan fingerprint density at radius 3 is 2.50 bits per heavy atom. The standard InChI is InChI=1S/C24H20Cl2N2O4/c1-13-10-17(8-9-19(13)25)32-15(3)22(29)21-14(2)18(11-27)23(30)28(24(21)31)12-16-6-4-5-7-20(16)26/h4-10,15,31H,12H2,1-3H3. The van der Waals surface area contributed by atoms with Crippen LogP contribution in [0, 0.1) is 25.2 Å². The van der Waals surface area contributed by atoms with Gasteiger partial charge in [-0.1, -0.05) is 41.4 Å². The van der Waals surface area contributed by atoms with Crippen molar-refractivity contribution in [3.05, 3.63) is 90.7 Å². The highest BCUT2D eigenvalue weighted by Crippen LogP contribution is 2.27. The molecule has 2 aromatic carbocycles. The van der Waals surface area contributed by atoms with Crippen molar-refractivity contribution in [1.82, 2.24) is 4.57 Å². The number of benzene rings is 2. The van der Waals surface area contributed by atoms with E-state index in [0.717, 1.165) is 10.1 Å². The van der Waals surface area contributed by atoms with Crippen LogP contribution in [-0.4, -0.2) is 21.6 Å². The third-order valence-corrected chi connectivity index (χ3v) is 5.94. The molecule has 0 fully saturated rings. The van der Waals surface area contributed by atoms with Crippen LogP contribution in [0.15, 0.2) is 47.3 Å². The smallest absolute Gasteiger partial charge is 0.271 e. The lowest BCUT2D eigenvalue weighted by Crippen LogP contribution is -2.31. The van der Waals surface area contributed by atoms with Gasteiger partial charge < -0.3 is 9.84 Å². The van der Waals surface area contributed by atoms with Gasteiger partial charge >= 0.3 is 0 Å². The Morgan fingerprint density at radius 2 is 1.88 bits per heavy atom. The maximum Gasteiger partial charge on any atom is 0.271 e. The van der Waals surface area contributed by atoms with Gasteiger partial charge in [0, 0.05) is 10.0 Å². The fourth-order valence-corrected chi connectivity index (χ4v) is 3.65. The number of Topliss-reactive ketones (excluding diaryl/α,β-unsaturated/α-hetero) is 1. The number of hydrogen-bond acceptors (Lipinski definition) is 5. The predicted octanol–water partition coefficient (Wildman–Crippen LogP) is 5.05. The summed E-state index contributed by atoms with van der Waals surface area (Å²) in [7, 11) is 0. The van der Waals surface area contributed by atoms with Crippen LogP contribution in [0.4, 0.5) is 0 Å². The van der Waals surface area contributed by atoms with Crippen LogP contribution in [0.25, 0.3) is 0 Å². The van der Waals surface area contributed by atoms with Gasteiger partial charge in [-0.2, -0.15) is 5.26 Å². The van der Waals surface area contributed by atoms with E-state index in [1.54, 1.807) is 49.4 Å². The molecule has 1 heterocycles. The zero-order valence-corrected chi connectivity index (χ0v) is 19.2. The van der Waals surface area contributed by atoms with E-state index in [0.29, 0.717) is 21.4 Å². The van der Waals surface area contributed by atoms with Gasteiger partial charge in [-0.3, -0.25) is 14.2 Å². The quantitative estimate of drug-likeness (QED) is 0.508. The Balaban J connectivity index is 2.06. The Morgan fingerprint density at radius 1 is 1.19 bits per heavy atom. The highest BCUT2D eigenvalue weighted by atomic mass is 35.5. The highest BCUT2D eigenvalue weighted by Gasteiger charge is 2.28. The molecule has 0 saturated carbocycles. The number of ether oxygens (including phenoxy) is 1. The number of aryl methyl sites for hydroxylation is 1. The van der Waals surface area contributed by atoms with Gasteiger partial charge in [0.1, 0.15) is 17.4 Å². The summed E-state index contributed by atoms with van der Waals surface area (Å²) in [6, 6.07) is 13.6. The monoisotopic (exact) mass is 470 g/mol. The number of aromatic hydroxyl groups is 1. The number of aromatic nitrogens is 1. The molecule has 8 heteroatoms. The number of nitriles is 1. The summed E-state index contributed by atoms with van der Waals surface area (Å²) >= 11 is 12.2. The molecule has 0 spiro atoms. The molecular weight excluding hydrogens is 451 g/mol. The Labute approximate surface area is 195 Å². The normalized spacial score (nSPS) is 11.6. The van der Waals surface area contributed by atoms with Crippen LogP contribution < -0.4 is 10.3 Å². The summed E-state index contributed by atoms with van der Waals surface area (Å²) in [6.07, 6.45) is -1.00. The average Bonchev–Trinajstić information content (AvgIpc) is 2.75. The molecule has 6 nitrogen and oxygen atoms in total. The third kappa shape index (κ3) is 4.50. The first-order valence-corrected chi connectivity index (χ1v) is 10.5. The summed E-state index contributed by atoms with van der Waals surface area (Å²) in [6.45, 7) is 4.68. The maximum atomic E-state index is 13.2. The first-order chi connectivity index (χ1) is 15.1. The van der Waals surface area contributed by atoms with E-state index in [1.165, 1.54) is 13.8 Å². The molecule has 0 bridgehead atoms. The molecule has 0 radical (unpaired) electrons. The fraction of sp³-hybridized carbons (Fsp3) is 0.208. The number of nitrogens with zero attached hydrogens (tertiary/aromatic N) is 2. The zero-order valence-electron chi connectivity index (χ0n) is 17.6. The van der Waals surface area contributed by atoms with Crippen LogP contribution in [-0.2, 0) is 6.54 Å². The van der Waals surface area contributed by atoms with Gasteiger partial charge in [-0.25, -0.2) is 0 Å². The van der Waals surface area contributed by atoms with Gasteiger partial charge in [-0.05, 0) is 61.7 Å². The Kier molecular flexibility index (Phi) is 6.93. The minimum atomic E-state index is -1.00. The molecule has 0 saturated heterocycles. The molecule has 1 unspecified atom stereocenters. The minimum absolute atomic E-state index is 0.0955. The summed E-state index contributed by atoms with van der Waals surface area (Å²) in [5.74, 6) is -0.689. The van der Waals surface area contributed by atoms with E-state index in [4.69, 9.17) is 27.9 Å². The lowest BCUT2D eigenvalue weighted by atomic mass is 9.99. The van der Waals surface area contributed by atoms with Gasteiger partial charge in [0.05, 0.1) is 12.1 Å². The number of ketones is 1. The molecule has 164 valence electrons. The van der Waals surface area contributed by atoms with Crippen molar-refractivity contribution in [3.8, 4) is 17.7 Å². The summed E-state index contributed by atoms with van der Waals surface area (Å²) in [4.78, 5) is 26.1. The highest BCUT2D eigenvalue weighted by molar-refractivity contribution is 6.31. The zero-order chi connectivity index (χ0) is 23.6. The number of carbonyl (C=O) groups excluding carboxylic acids is 1. The van der Waals surface area contributed by atoms with Crippen LogP contribution in [0.5, 0.6) is 11.6 Å². The average molecular weight is 471 g/mol. The van der Waals surface area contributed by atoms with Crippen molar-refractivity contribution >= 4 is 29.0 Å². The van der Waals surface area contributed by atoms with Gasteiger partial charge in [0.15, 0.2) is 6.10 Å². The second-order valence-corrected chi connectivity index (χ2v) is 8.14. The molecule has 32 heavy (non-hydrogen) atoms. The van der Waals surface area contributed by atoms with Crippen LogP contribution >= 0.6 is 23.2 Å². The lowest BCUT2D eigenvalue weighted by Gasteiger charge is -2.19. The second kappa shape index (κ2) is 9.47. The second-order valence-electron chi connectivity index (χ2n) is 7.33. The molecule has 0 amide bonds. The minimum Gasteiger partial charge on any atom is -0.494 e. The van der Waals surface area contributed by atoms with E-state index in [-0.39, 0.29) is 23.2 Å². The molecule has 1 atom stereocenters. The van der Waals surface area contributed by atoms with Gasteiger partial charge in [-0.15, -0.1) is 0 Å². The SMILES string of the molecule is Cc1cc(OC(C)C(=O)c2c(C)c(C#N)c(=O)n(Cc3ccccc3Cl)c2O)ccc1Cl. The molecule has 0 aliphatic carbocycles. The molecule has 3 rings (SSSR count). The van der Waals surface area contributed by atoms with Crippen molar-refractivity contribution in [2.75, 3.05) is 0 Å². The third-order valence-electron chi connectivity index (χ3n) is 5.14. The summed E-state index contributed by atoms with van der Waals surface area (Å²) in [5, 5.41) is 21.4. The number of carbonyl (C=O) groups is 1. The van der Waals surface area contributed by atoms with Crippen LogP contribution in [0.2, 0.25) is 10.0 Å². The van der Waals surface area contributed by atoms with Crippen molar-refractivity contribution < 1.29 is 14.6 Å². The number of hydrogen-bond donors (Lipinski definition) is 1. The van der Waals surface area contributed by atoms with Crippen molar-refractivity contribution in [2.45, 2.75) is 33.4 Å². The van der Waals surface area contributed by atoms with Gasteiger partial charge in [0.25, 0.3) is 5.56 Å². The van der Waals surface area contributed by atoms with Crippen molar-refractivity contribution in [1.29, 1.82) is 5.26 Å². The number of halogens is 2. The van der Waals surface area contributed by atoms with E-state index in [1.807, 2.05) is 6.07 Å². The molecule has 1 aromatic heterocycles. The Bertz CT molecular complexity index is 1310. The fourth-order valence-electron chi connectivity index (χ4n) is 3.34. The van der Waals surface area contributed by atoms with Crippen molar-refractivity contribution in [3.63, 3.8) is 0 Å². The summed E-state index contributed by atoms with van der Waals surface area (Å²) < 4.78 is 6.72. The molecule has 3 aromatic rings. The van der Waals surface area contributed by atoms with E-state index < -0.39 is 23.3 Å². The number of rotatable bonds is 6. The van der Waals surface area contributed by atoms with E-state index in [2.05, 4.69) is 0 Å². The number of pyridine rings is 1.